The first-order chi connectivity index (χ1) is 8.59. The topological polar surface area (TPSA) is 51.5 Å². The number of carbonyl (C=O) groups excluding carboxylic acids is 1. The van der Waals surface area contributed by atoms with Crippen LogP contribution in [0.3, 0.4) is 0 Å². The molecule has 0 saturated heterocycles. The van der Waals surface area contributed by atoms with Crippen LogP contribution in [0.15, 0.2) is 16.7 Å². The molecule has 0 unspecified atom stereocenters. The molecule has 1 aromatic rings. The molecule has 1 aliphatic rings. The number of nitrogens with one attached hydrogen (secondary N) is 1. The van der Waals surface area contributed by atoms with Gasteiger partial charge < -0.3 is 14.5 Å². The Morgan fingerprint density at radius 1 is 1.56 bits per heavy atom. The van der Waals surface area contributed by atoms with E-state index in [-0.39, 0.29) is 0 Å². The lowest BCUT2D eigenvalue weighted by Crippen LogP contribution is -2.27. The third kappa shape index (κ3) is 2.58. The molecule has 4 nitrogen and oxygen atoms in total. The predicted molar refractivity (Wildman–Crippen MR) is 68.3 cm³/mol. The molecule has 100 valence electrons. The number of ether oxygens (including phenoxy) is 1. The third-order valence-electron chi connectivity index (χ3n) is 4.03. The van der Waals surface area contributed by atoms with Crippen molar-refractivity contribution in [3.63, 3.8) is 0 Å². The van der Waals surface area contributed by atoms with Gasteiger partial charge in [-0.3, -0.25) is 0 Å². The zero-order chi connectivity index (χ0) is 13.2. The Morgan fingerprint density at radius 3 is 2.83 bits per heavy atom. The van der Waals surface area contributed by atoms with Gasteiger partial charge in [-0.2, -0.15) is 0 Å². The lowest BCUT2D eigenvalue weighted by atomic mass is 9.92. The molecule has 1 saturated carbocycles. The number of furan rings is 1. The van der Waals surface area contributed by atoms with Crippen molar-refractivity contribution in [3.05, 3.63) is 23.7 Å². The van der Waals surface area contributed by atoms with E-state index in [4.69, 9.17) is 4.42 Å². The van der Waals surface area contributed by atoms with Gasteiger partial charge in [0.25, 0.3) is 0 Å². The van der Waals surface area contributed by atoms with E-state index >= 15 is 0 Å². The predicted octanol–water partition coefficient (Wildman–Crippen LogP) is 2.59. The fraction of sp³-hybridized carbons (Fsp3) is 0.643. The van der Waals surface area contributed by atoms with E-state index in [2.05, 4.69) is 23.9 Å². The largest absolute Gasteiger partial charge is 0.463 e. The van der Waals surface area contributed by atoms with Gasteiger partial charge in [-0.1, -0.05) is 13.8 Å². The Hall–Kier alpha value is -1.29. The van der Waals surface area contributed by atoms with Gasteiger partial charge in [0.1, 0.15) is 0 Å². The lowest BCUT2D eigenvalue weighted by Gasteiger charge is -2.19. The first-order valence-corrected chi connectivity index (χ1v) is 6.44. The average Bonchev–Trinajstić information content (AvgIpc) is 3.00. The molecule has 0 amide bonds. The van der Waals surface area contributed by atoms with Crippen LogP contribution in [-0.2, 0) is 11.3 Å². The van der Waals surface area contributed by atoms with Crippen molar-refractivity contribution in [3.8, 4) is 0 Å². The van der Waals surface area contributed by atoms with Gasteiger partial charge in [0, 0.05) is 18.7 Å². The molecule has 1 aliphatic carbocycles. The molecule has 1 N–H and O–H groups in total. The van der Waals surface area contributed by atoms with Gasteiger partial charge in [0.15, 0.2) is 0 Å². The molecular formula is C14H21NO3. The molecule has 1 fully saturated rings. The summed E-state index contributed by atoms with van der Waals surface area (Å²) in [6, 6.07) is 1.81. The molecule has 18 heavy (non-hydrogen) atoms. The number of hydrogen-bond donors (Lipinski definition) is 1. The normalized spacial score (nSPS) is 16.9. The Balaban J connectivity index is 1.88. The average molecular weight is 251 g/mol. The Labute approximate surface area is 108 Å². The summed E-state index contributed by atoms with van der Waals surface area (Å²) in [7, 11) is 1.36. The van der Waals surface area contributed by atoms with Crippen LogP contribution in [0.4, 0.5) is 0 Å². The Morgan fingerprint density at radius 2 is 2.28 bits per heavy atom. The molecule has 4 heteroatoms. The summed E-state index contributed by atoms with van der Waals surface area (Å²) in [6.45, 7) is 6.19. The van der Waals surface area contributed by atoms with Crippen LogP contribution in [-0.4, -0.2) is 19.6 Å². The van der Waals surface area contributed by atoms with Crippen LogP contribution >= 0.6 is 0 Å². The highest BCUT2D eigenvalue weighted by atomic mass is 16.5. The summed E-state index contributed by atoms with van der Waals surface area (Å²) >= 11 is 0. The first kappa shape index (κ1) is 13.1. The Bertz CT molecular complexity index is 418. The minimum atomic E-state index is -0.415. The minimum Gasteiger partial charge on any atom is -0.463 e. The second-order valence-electron chi connectivity index (χ2n) is 5.39. The number of methoxy groups -OCH3 is 1. The van der Waals surface area contributed by atoms with Crippen LogP contribution in [0.25, 0.3) is 0 Å². The molecule has 0 aliphatic heterocycles. The summed E-state index contributed by atoms with van der Waals surface area (Å²) in [5.74, 6) is 0.593. The summed E-state index contributed by atoms with van der Waals surface area (Å²) in [6.07, 6.45) is 4.12. The number of hydrogen-bond acceptors (Lipinski definition) is 4. The van der Waals surface area contributed by atoms with E-state index in [1.54, 1.807) is 0 Å². The quantitative estimate of drug-likeness (QED) is 0.790. The summed E-state index contributed by atoms with van der Waals surface area (Å²) < 4.78 is 9.82. The molecule has 1 heterocycles. The van der Waals surface area contributed by atoms with Crippen LogP contribution < -0.4 is 5.32 Å². The fourth-order valence-corrected chi connectivity index (χ4v) is 2.31. The molecule has 2 rings (SSSR count). The smallest absolute Gasteiger partial charge is 0.374 e. The molecule has 0 atom stereocenters. The van der Waals surface area contributed by atoms with Crippen molar-refractivity contribution in [2.45, 2.75) is 33.2 Å². The van der Waals surface area contributed by atoms with Crippen LogP contribution in [0.1, 0.15) is 42.8 Å². The minimum absolute atomic E-state index is 0.305. The number of carbonyl (C=O) groups is 1. The van der Waals surface area contributed by atoms with Gasteiger partial charge in [-0.15, -0.1) is 0 Å². The molecule has 0 radical (unpaired) electrons. The van der Waals surface area contributed by atoms with E-state index in [9.17, 15) is 4.79 Å². The van der Waals surface area contributed by atoms with E-state index < -0.39 is 5.97 Å². The van der Waals surface area contributed by atoms with Crippen molar-refractivity contribution in [2.75, 3.05) is 13.7 Å². The van der Waals surface area contributed by atoms with Crippen LogP contribution in [0.5, 0.6) is 0 Å². The van der Waals surface area contributed by atoms with Crippen LogP contribution in [0, 0.1) is 11.3 Å². The molecular weight excluding hydrogens is 230 g/mol. The summed E-state index contributed by atoms with van der Waals surface area (Å²) in [4.78, 5) is 11.4. The van der Waals surface area contributed by atoms with Crippen LogP contribution in [0.2, 0.25) is 0 Å². The maximum absolute atomic E-state index is 11.4. The van der Waals surface area contributed by atoms with Gasteiger partial charge >= 0.3 is 5.97 Å². The SMILES string of the molecule is COC(=O)c1occc1CNCC1(C(C)C)CC1. The maximum atomic E-state index is 11.4. The molecule has 0 aromatic carbocycles. The van der Waals surface area contributed by atoms with Gasteiger partial charge in [0.2, 0.25) is 5.76 Å². The highest BCUT2D eigenvalue weighted by Gasteiger charge is 2.44. The second-order valence-corrected chi connectivity index (χ2v) is 5.39. The summed E-state index contributed by atoms with van der Waals surface area (Å²) in [5.41, 5.74) is 1.33. The molecule has 1 aromatic heterocycles. The third-order valence-corrected chi connectivity index (χ3v) is 4.03. The van der Waals surface area contributed by atoms with E-state index in [0.29, 0.717) is 23.6 Å². The van der Waals surface area contributed by atoms with Crippen molar-refractivity contribution in [1.82, 2.24) is 5.32 Å². The maximum Gasteiger partial charge on any atom is 0.374 e. The van der Waals surface area contributed by atoms with E-state index in [1.807, 2.05) is 6.07 Å². The monoisotopic (exact) mass is 251 g/mol. The number of rotatable bonds is 6. The second kappa shape index (κ2) is 5.14. The fourth-order valence-electron chi connectivity index (χ4n) is 2.31. The Kier molecular flexibility index (Phi) is 3.76. The molecule has 0 bridgehead atoms. The van der Waals surface area contributed by atoms with Gasteiger partial charge in [0.05, 0.1) is 13.4 Å². The standard InChI is InChI=1S/C14H21NO3/c1-10(2)14(5-6-14)9-15-8-11-4-7-18-12(11)13(16)17-3/h4,7,10,15H,5-6,8-9H2,1-3H3. The molecule has 0 spiro atoms. The zero-order valence-electron chi connectivity index (χ0n) is 11.3. The van der Waals surface area contributed by atoms with E-state index in [0.717, 1.165) is 12.1 Å². The zero-order valence-corrected chi connectivity index (χ0v) is 11.3. The van der Waals surface area contributed by atoms with Crippen molar-refractivity contribution in [2.24, 2.45) is 11.3 Å². The van der Waals surface area contributed by atoms with Crippen molar-refractivity contribution >= 4 is 5.97 Å². The number of esters is 1. The van der Waals surface area contributed by atoms with Crippen molar-refractivity contribution in [1.29, 1.82) is 0 Å². The van der Waals surface area contributed by atoms with Gasteiger partial charge in [-0.05, 0) is 30.2 Å². The lowest BCUT2D eigenvalue weighted by molar-refractivity contribution is 0.0563. The highest BCUT2D eigenvalue weighted by molar-refractivity contribution is 5.87. The highest BCUT2D eigenvalue weighted by Crippen LogP contribution is 2.51. The van der Waals surface area contributed by atoms with E-state index in [1.165, 1.54) is 26.2 Å². The first-order valence-electron chi connectivity index (χ1n) is 6.44. The van der Waals surface area contributed by atoms with Gasteiger partial charge in [-0.25, -0.2) is 4.79 Å². The summed E-state index contributed by atoms with van der Waals surface area (Å²) in [5, 5.41) is 3.42. The van der Waals surface area contributed by atoms with Crippen molar-refractivity contribution < 1.29 is 13.9 Å².